The summed E-state index contributed by atoms with van der Waals surface area (Å²) in [6, 6.07) is 22.9. The Balaban J connectivity index is 1.76. The smallest absolute Gasteiger partial charge is 0.320 e. The topological polar surface area (TPSA) is 61.8 Å². The first kappa shape index (κ1) is 20.6. The number of imidazole rings is 1. The normalized spacial score (nSPS) is 11.2. The third-order valence-electron chi connectivity index (χ3n) is 5.60. The molecule has 2 aromatic heterocycles. The van der Waals surface area contributed by atoms with Gasteiger partial charge in [-0.25, -0.2) is 18.7 Å². The van der Waals surface area contributed by atoms with Crippen LogP contribution in [0.15, 0.2) is 94.8 Å². The highest BCUT2D eigenvalue weighted by molar-refractivity contribution is 5.72. The number of rotatable bonds is 5. The number of halogens is 1. The molecule has 0 bridgehead atoms. The first-order valence-corrected chi connectivity index (χ1v) is 10.6. The summed E-state index contributed by atoms with van der Waals surface area (Å²) in [7, 11) is 0. The number of hydrogen-bond acceptors (Lipinski definition) is 3. The monoisotopic (exact) mass is 440 g/mol. The van der Waals surface area contributed by atoms with E-state index in [1.807, 2.05) is 61.5 Å². The molecule has 0 aliphatic carbocycles. The molecule has 0 amide bonds. The Kier molecular flexibility index (Phi) is 5.22. The number of benzene rings is 3. The van der Waals surface area contributed by atoms with Crippen LogP contribution >= 0.6 is 0 Å². The van der Waals surface area contributed by atoms with E-state index in [2.05, 4.69) is 4.98 Å². The molecule has 0 N–H and O–H groups in total. The second kappa shape index (κ2) is 8.35. The summed E-state index contributed by atoms with van der Waals surface area (Å²) in [6.07, 6.45) is 1.57. The van der Waals surface area contributed by atoms with Gasteiger partial charge in [-0.15, -0.1) is 0 Å². The Morgan fingerprint density at radius 3 is 2.30 bits per heavy atom. The fourth-order valence-corrected chi connectivity index (χ4v) is 4.04. The summed E-state index contributed by atoms with van der Waals surface area (Å²) in [5.41, 5.74) is 3.01. The van der Waals surface area contributed by atoms with Crippen LogP contribution < -0.4 is 11.2 Å². The van der Waals surface area contributed by atoms with Crippen LogP contribution in [0.5, 0.6) is 0 Å². The van der Waals surface area contributed by atoms with Gasteiger partial charge >= 0.3 is 5.69 Å². The molecule has 5 rings (SSSR count). The molecule has 0 saturated carbocycles. The molecule has 0 fully saturated rings. The highest BCUT2D eigenvalue weighted by atomic mass is 19.1. The maximum atomic E-state index is 13.6. The van der Waals surface area contributed by atoms with Crippen molar-refractivity contribution in [2.24, 2.45) is 0 Å². The lowest BCUT2D eigenvalue weighted by molar-refractivity contribution is 0.626. The van der Waals surface area contributed by atoms with E-state index in [0.717, 1.165) is 16.7 Å². The van der Waals surface area contributed by atoms with E-state index in [1.54, 1.807) is 10.9 Å². The Labute approximate surface area is 188 Å². The van der Waals surface area contributed by atoms with Crippen LogP contribution in [-0.4, -0.2) is 18.7 Å². The van der Waals surface area contributed by atoms with Crippen molar-refractivity contribution in [3.8, 4) is 5.69 Å². The lowest BCUT2D eigenvalue weighted by Crippen LogP contribution is -2.40. The molecule has 164 valence electrons. The first-order chi connectivity index (χ1) is 16.0. The third-order valence-corrected chi connectivity index (χ3v) is 5.60. The predicted molar refractivity (Wildman–Crippen MR) is 125 cm³/mol. The van der Waals surface area contributed by atoms with Gasteiger partial charge in [0, 0.05) is 6.54 Å². The molecular weight excluding hydrogens is 419 g/mol. The zero-order valence-corrected chi connectivity index (χ0v) is 18.0. The fraction of sp³-hybridized carbons (Fsp3) is 0.115. The van der Waals surface area contributed by atoms with E-state index in [1.165, 1.54) is 33.4 Å². The number of aryl methyl sites for hydroxylation is 1. The van der Waals surface area contributed by atoms with Gasteiger partial charge in [-0.05, 0) is 42.3 Å². The standard InChI is InChI=1S/C26H21FN4O2/c1-18-6-5-9-20(14-18)15-29-17-28-24-23(29)25(32)30(16-19-7-3-2-4-8-19)26(33)31(24)22-12-10-21(27)11-13-22/h2-14,17H,15-16H2,1H3. The van der Waals surface area contributed by atoms with Crippen molar-refractivity contribution < 1.29 is 4.39 Å². The second-order valence-corrected chi connectivity index (χ2v) is 8.01. The van der Waals surface area contributed by atoms with Gasteiger partial charge in [-0.3, -0.25) is 9.36 Å². The highest BCUT2D eigenvalue weighted by Gasteiger charge is 2.19. The molecule has 6 nitrogen and oxygen atoms in total. The largest absolute Gasteiger partial charge is 0.337 e. The highest BCUT2D eigenvalue weighted by Crippen LogP contribution is 2.16. The number of hydrogen-bond donors (Lipinski definition) is 0. The van der Waals surface area contributed by atoms with E-state index in [0.29, 0.717) is 17.7 Å². The number of nitrogens with zero attached hydrogens (tertiary/aromatic N) is 4. The van der Waals surface area contributed by atoms with E-state index >= 15 is 0 Å². The van der Waals surface area contributed by atoms with E-state index in [-0.39, 0.29) is 12.2 Å². The quantitative estimate of drug-likeness (QED) is 0.417. The van der Waals surface area contributed by atoms with E-state index in [9.17, 15) is 14.0 Å². The number of aromatic nitrogens is 4. The van der Waals surface area contributed by atoms with Gasteiger partial charge in [-0.2, -0.15) is 0 Å². The molecule has 0 radical (unpaired) electrons. The van der Waals surface area contributed by atoms with Crippen molar-refractivity contribution in [2.75, 3.05) is 0 Å². The molecule has 0 atom stereocenters. The van der Waals surface area contributed by atoms with Crippen molar-refractivity contribution in [3.05, 3.63) is 129 Å². The SMILES string of the molecule is Cc1cccc(Cn2cnc3c2c(=O)n(Cc2ccccc2)c(=O)n3-c2ccc(F)cc2)c1. The Morgan fingerprint density at radius 2 is 1.58 bits per heavy atom. The summed E-state index contributed by atoms with van der Waals surface area (Å²) in [5.74, 6) is -0.411. The molecule has 0 unspecified atom stereocenters. The average Bonchev–Trinajstić information content (AvgIpc) is 3.22. The number of fused-ring (bicyclic) bond motifs is 1. The van der Waals surface area contributed by atoms with Crippen LogP contribution in [0.25, 0.3) is 16.9 Å². The summed E-state index contributed by atoms with van der Waals surface area (Å²) in [6.45, 7) is 2.56. The Bertz CT molecular complexity index is 1560. The predicted octanol–water partition coefficient (Wildman–Crippen LogP) is 3.89. The van der Waals surface area contributed by atoms with Crippen molar-refractivity contribution in [3.63, 3.8) is 0 Å². The Morgan fingerprint density at radius 1 is 0.848 bits per heavy atom. The third kappa shape index (κ3) is 3.89. The van der Waals surface area contributed by atoms with Crippen LogP contribution in [0.1, 0.15) is 16.7 Å². The van der Waals surface area contributed by atoms with Gasteiger partial charge in [0.25, 0.3) is 5.56 Å². The van der Waals surface area contributed by atoms with Gasteiger partial charge < -0.3 is 4.57 Å². The average molecular weight is 440 g/mol. The van der Waals surface area contributed by atoms with Crippen molar-refractivity contribution >= 4 is 11.2 Å². The summed E-state index contributed by atoms with van der Waals surface area (Å²) in [4.78, 5) is 31.5. The van der Waals surface area contributed by atoms with Gasteiger partial charge in [-0.1, -0.05) is 60.2 Å². The van der Waals surface area contributed by atoms with Gasteiger partial charge in [0.15, 0.2) is 11.2 Å². The molecule has 5 aromatic rings. The molecule has 7 heteroatoms. The maximum Gasteiger partial charge on any atom is 0.337 e. The summed E-state index contributed by atoms with van der Waals surface area (Å²) < 4.78 is 17.9. The molecule has 2 heterocycles. The lowest BCUT2D eigenvalue weighted by atomic mass is 10.1. The van der Waals surface area contributed by atoms with Gasteiger partial charge in [0.1, 0.15) is 5.82 Å². The van der Waals surface area contributed by atoms with Crippen molar-refractivity contribution in [2.45, 2.75) is 20.0 Å². The van der Waals surface area contributed by atoms with Crippen LogP contribution in [0, 0.1) is 12.7 Å². The molecule has 0 aliphatic rings. The minimum absolute atomic E-state index is 0.116. The van der Waals surface area contributed by atoms with Crippen molar-refractivity contribution in [1.29, 1.82) is 0 Å². The lowest BCUT2D eigenvalue weighted by Gasteiger charge is -2.13. The van der Waals surface area contributed by atoms with E-state index in [4.69, 9.17) is 0 Å². The molecule has 0 spiro atoms. The second-order valence-electron chi connectivity index (χ2n) is 8.01. The zero-order valence-electron chi connectivity index (χ0n) is 18.0. The summed E-state index contributed by atoms with van der Waals surface area (Å²) >= 11 is 0. The zero-order chi connectivity index (χ0) is 22.9. The fourth-order valence-electron chi connectivity index (χ4n) is 4.04. The van der Waals surface area contributed by atoms with Crippen LogP contribution in [-0.2, 0) is 13.1 Å². The van der Waals surface area contributed by atoms with Gasteiger partial charge in [0.05, 0.1) is 18.6 Å². The van der Waals surface area contributed by atoms with Gasteiger partial charge in [0.2, 0.25) is 0 Å². The molecule has 0 saturated heterocycles. The molecule has 33 heavy (non-hydrogen) atoms. The first-order valence-electron chi connectivity index (χ1n) is 10.6. The van der Waals surface area contributed by atoms with Crippen LogP contribution in [0.2, 0.25) is 0 Å². The molecule has 0 aliphatic heterocycles. The van der Waals surface area contributed by atoms with Crippen LogP contribution in [0.3, 0.4) is 0 Å². The molecular formula is C26H21FN4O2. The van der Waals surface area contributed by atoms with Crippen molar-refractivity contribution in [1.82, 2.24) is 18.7 Å². The van der Waals surface area contributed by atoms with E-state index < -0.39 is 17.1 Å². The summed E-state index contributed by atoms with van der Waals surface area (Å²) in [5, 5.41) is 0. The van der Waals surface area contributed by atoms with Crippen LogP contribution in [0.4, 0.5) is 4.39 Å². The molecule has 3 aromatic carbocycles. The maximum absolute atomic E-state index is 13.6. The minimum atomic E-state index is -0.524. The Hall–Kier alpha value is -4.26. The minimum Gasteiger partial charge on any atom is -0.320 e.